The largest absolute Gasteiger partial charge is 0.473 e. The van der Waals surface area contributed by atoms with Crippen molar-refractivity contribution in [3.8, 4) is 17.5 Å². The summed E-state index contributed by atoms with van der Waals surface area (Å²) in [4.78, 5) is 41.8. The minimum atomic E-state index is -1.60. The molecule has 0 aliphatic heterocycles. The zero-order valence-electron chi connectivity index (χ0n) is 27.9. The molecule has 0 N–H and O–H groups in total. The van der Waals surface area contributed by atoms with Crippen LogP contribution < -0.4 is 4.74 Å². The number of carbonyl (C=O) groups is 3. The Morgan fingerprint density at radius 2 is 1.42 bits per heavy atom. The average molecular weight is 629 g/mol. The second kappa shape index (κ2) is 13.7. The highest BCUT2D eigenvalue weighted by Gasteiger charge is 2.44. The van der Waals surface area contributed by atoms with Crippen LogP contribution in [0.3, 0.4) is 0 Å². The van der Waals surface area contributed by atoms with Crippen LogP contribution in [0.2, 0.25) is 0 Å². The Balaban J connectivity index is 2.20. The van der Waals surface area contributed by atoms with Gasteiger partial charge in [-0.2, -0.15) is 4.90 Å². The molecule has 45 heavy (non-hydrogen) atoms. The van der Waals surface area contributed by atoms with Crippen LogP contribution >= 0.6 is 0 Å². The van der Waals surface area contributed by atoms with Crippen LogP contribution in [0.1, 0.15) is 87.3 Å². The first-order valence-electron chi connectivity index (χ1n) is 14.7. The van der Waals surface area contributed by atoms with Gasteiger partial charge in [0.15, 0.2) is 0 Å². The summed E-state index contributed by atoms with van der Waals surface area (Å²) in [5.41, 5.74) is -1.86. The summed E-state index contributed by atoms with van der Waals surface area (Å²) in [6.45, 7) is 18.7. The summed E-state index contributed by atoms with van der Waals surface area (Å²) in [5, 5.41) is 16.2. The molecule has 2 heterocycles. The number of ether oxygens (including phenoxy) is 4. The molecule has 0 fully saturated rings. The first kappa shape index (κ1) is 35.0. The number of benzene rings is 1. The lowest BCUT2D eigenvalue weighted by molar-refractivity contribution is -0.161. The second-order valence-electron chi connectivity index (χ2n) is 13.7. The highest BCUT2D eigenvalue weighted by atomic mass is 16.6. The monoisotopic (exact) mass is 628 g/mol. The summed E-state index contributed by atoms with van der Waals surface area (Å²) in [5.74, 6) is -0.612. The van der Waals surface area contributed by atoms with Gasteiger partial charge in [-0.15, -0.1) is 5.10 Å². The number of hydrogen-bond donors (Lipinski definition) is 0. The van der Waals surface area contributed by atoms with E-state index in [0.717, 1.165) is 5.56 Å². The summed E-state index contributed by atoms with van der Waals surface area (Å²) in [6.07, 6.45) is -2.92. The van der Waals surface area contributed by atoms with Crippen LogP contribution in [-0.2, 0) is 32.0 Å². The Labute approximate surface area is 263 Å². The smallest absolute Gasteiger partial charge is 0.420 e. The van der Waals surface area contributed by atoms with Crippen molar-refractivity contribution in [2.75, 3.05) is 0 Å². The molecule has 0 aliphatic rings. The lowest BCUT2D eigenvalue weighted by Crippen LogP contribution is -2.54. The maximum atomic E-state index is 13.9. The molecule has 0 saturated carbocycles. The quantitative estimate of drug-likeness (QED) is 0.214. The van der Waals surface area contributed by atoms with Gasteiger partial charge in [0.05, 0.1) is 18.2 Å². The number of hydrogen-bond acceptors (Lipinski definition) is 12. The Kier molecular flexibility index (Phi) is 10.6. The van der Waals surface area contributed by atoms with Crippen molar-refractivity contribution in [3.05, 3.63) is 41.5 Å². The van der Waals surface area contributed by atoms with Crippen molar-refractivity contribution < 1.29 is 37.9 Å². The molecule has 0 bridgehead atoms. The Bertz CT molecular complexity index is 1430. The molecule has 3 rings (SSSR count). The number of aromatic nitrogens is 5. The number of carbonyl (C=O) groups excluding carboxylic acids is 3. The molecule has 0 spiro atoms. The molecule has 14 nitrogen and oxygen atoms in total. The zero-order valence-corrected chi connectivity index (χ0v) is 27.9. The zero-order chi connectivity index (χ0) is 33.7. The molecule has 0 saturated heterocycles. The Morgan fingerprint density at radius 1 is 0.867 bits per heavy atom. The van der Waals surface area contributed by atoms with Crippen molar-refractivity contribution in [2.45, 2.75) is 118 Å². The van der Waals surface area contributed by atoms with Crippen LogP contribution in [0.15, 0.2) is 34.9 Å². The molecule has 0 radical (unpaired) electrons. The lowest BCUT2D eigenvalue weighted by atomic mass is 10.0. The lowest BCUT2D eigenvalue weighted by Gasteiger charge is -2.33. The van der Waals surface area contributed by atoms with E-state index in [9.17, 15) is 14.4 Å². The standard InChI is InChI=1S/C31H44N6O8/c1-19(2)41-25-21(23(45-33-25)24-32-34-35-36(24)18-20-15-13-12-14-16-20)17-22(26(38)42-29(3,4)5)37(27(39)43-30(6,7)8)28(40)44-31(9,10)11/h12-16,19,22H,17-18H2,1-11H3. The first-order chi connectivity index (χ1) is 20.7. The van der Waals surface area contributed by atoms with Gasteiger partial charge >= 0.3 is 18.2 Å². The van der Waals surface area contributed by atoms with Gasteiger partial charge in [0, 0.05) is 6.42 Å². The summed E-state index contributed by atoms with van der Waals surface area (Å²) in [7, 11) is 0. The van der Waals surface area contributed by atoms with Gasteiger partial charge in [-0.1, -0.05) is 30.3 Å². The van der Waals surface area contributed by atoms with Gasteiger partial charge in [0.25, 0.3) is 5.88 Å². The third kappa shape index (κ3) is 10.3. The summed E-state index contributed by atoms with van der Waals surface area (Å²) in [6, 6.07) is 7.91. The first-order valence-corrected chi connectivity index (χ1v) is 14.7. The predicted molar refractivity (Wildman–Crippen MR) is 162 cm³/mol. The molecule has 0 aliphatic carbocycles. The fourth-order valence-corrected chi connectivity index (χ4v) is 3.99. The molecule has 2 amide bonds. The van der Waals surface area contributed by atoms with E-state index in [4.69, 9.17) is 23.5 Å². The maximum Gasteiger partial charge on any atom is 0.420 e. The third-order valence-corrected chi connectivity index (χ3v) is 5.58. The number of rotatable bonds is 9. The fourth-order valence-electron chi connectivity index (χ4n) is 3.99. The van der Waals surface area contributed by atoms with E-state index < -0.39 is 41.0 Å². The van der Waals surface area contributed by atoms with Gasteiger partial charge < -0.3 is 23.5 Å². The Hall–Kier alpha value is -4.49. The number of esters is 1. The highest BCUT2D eigenvalue weighted by molar-refractivity contribution is 5.94. The molecule has 246 valence electrons. The fraction of sp³-hybridized carbons (Fsp3) is 0.581. The van der Waals surface area contributed by atoms with Gasteiger partial charge in [0.2, 0.25) is 11.6 Å². The predicted octanol–water partition coefficient (Wildman–Crippen LogP) is 5.59. The van der Waals surface area contributed by atoms with E-state index in [0.29, 0.717) is 11.4 Å². The molecule has 14 heteroatoms. The Morgan fingerprint density at radius 3 is 1.93 bits per heavy atom. The van der Waals surface area contributed by atoms with Gasteiger partial charge in [-0.05, 0) is 97.3 Å². The SMILES string of the molecule is CC(C)Oc1noc(-c2nnnn2Cc2ccccc2)c1CC(C(=O)OC(C)(C)C)N(C(=O)OC(C)(C)C)C(=O)OC(C)(C)C. The van der Waals surface area contributed by atoms with Crippen LogP contribution in [-0.4, -0.2) is 77.4 Å². The van der Waals surface area contributed by atoms with Gasteiger partial charge in [0.1, 0.15) is 22.8 Å². The average Bonchev–Trinajstić information content (AvgIpc) is 3.47. The van der Waals surface area contributed by atoms with Gasteiger partial charge in [-0.25, -0.2) is 19.1 Å². The molecule has 1 unspecified atom stereocenters. The second-order valence-corrected chi connectivity index (χ2v) is 13.7. The minimum absolute atomic E-state index is 0.0242. The van der Waals surface area contributed by atoms with E-state index in [1.807, 2.05) is 30.3 Å². The van der Waals surface area contributed by atoms with Crippen molar-refractivity contribution in [1.29, 1.82) is 0 Å². The molecule has 3 aromatic rings. The van der Waals surface area contributed by atoms with E-state index in [2.05, 4.69) is 20.7 Å². The molecule has 2 aromatic heterocycles. The van der Waals surface area contributed by atoms with Crippen molar-refractivity contribution in [1.82, 2.24) is 30.3 Å². The molecule has 1 aromatic carbocycles. The van der Waals surface area contributed by atoms with Crippen LogP contribution in [0, 0.1) is 0 Å². The van der Waals surface area contributed by atoms with E-state index in [1.165, 1.54) is 4.68 Å². The minimum Gasteiger partial charge on any atom is -0.473 e. The number of amides is 2. The van der Waals surface area contributed by atoms with E-state index in [-0.39, 0.29) is 35.6 Å². The van der Waals surface area contributed by atoms with Crippen molar-refractivity contribution in [3.63, 3.8) is 0 Å². The molecular weight excluding hydrogens is 584 g/mol. The summed E-state index contributed by atoms with van der Waals surface area (Å²) >= 11 is 0. The maximum absolute atomic E-state index is 13.9. The molecule has 1 atom stereocenters. The number of tetrazole rings is 1. The van der Waals surface area contributed by atoms with Crippen molar-refractivity contribution >= 4 is 18.2 Å². The van der Waals surface area contributed by atoms with Crippen LogP contribution in [0.4, 0.5) is 9.59 Å². The number of nitrogens with zero attached hydrogens (tertiary/aromatic N) is 6. The molecular formula is C31H44N6O8. The van der Waals surface area contributed by atoms with Crippen LogP contribution in [0.25, 0.3) is 11.6 Å². The summed E-state index contributed by atoms with van der Waals surface area (Å²) < 4.78 is 30.0. The topological polar surface area (TPSA) is 161 Å². The van der Waals surface area contributed by atoms with Gasteiger partial charge in [-0.3, -0.25) is 0 Å². The number of imide groups is 1. The third-order valence-electron chi connectivity index (χ3n) is 5.58. The normalized spacial score (nSPS) is 12.9. The van der Waals surface area contributed by atoms with Crippen LogP contribution in [0.5, 0.6) is 5.88 Å². The van der Waals surface area contributed by atoms with E-state index in [1.54, 1.807) is 76.2 Å². The van der Waals surface area contributed by atoms with E-state index >= 15 is 0 Å². The highest BCUT2D eigenvalue weighted by Crippen LogP contribution is 2.33. The van der Waals surface area contributed by atoms with Crippen molar-refractivity contribution in [2.24, 2.45) is 0 Å².